The standard InChI is InChI=1S/C15H23NO3S.C15H21NO2S/c1-3-9-16(17)10-7-13(8-11-16)14-5-4-6-15(12-14)20(2,18)19;1-3-9-16-10-7-13(8-11-16)14-5-4-6-15(12-14)19(2,17)18/h4-6,12-13H,3,7-11H2,1-2H3;4-7,12H,3,8-11H2,1-2H3. The summed E-state index contributed by atoms with van der Waals surface area (Å²) in [5, 5.41) is 12.4. The van der Waals surface area contributed by atoms with E-state index in [1.807, 2.05) is 25.1 Å². The van der Waals surface area contributed by atoms with Crippen molar-refractivity contribution in [3.63, 3.8) is 0 Å². The smallest absolute Gasteiger partial charge is 0.175 e. The number of sulfone groups is 2. The van der Waals surface area contributed by atoms with Crippen molar-refractivity contribution in [3.8, 4) is 0 Å². The first kappa shape index (κ1) is 31.5. The third-order valence-corrected chi connectivity index (χ3v) is 9.85. The topological polar surface area (TPSA) is 94.6 Å². The normalized spacial score (nSPS) is 22.5. The highest BCUT2D eigenvalue weighted by Gasteiger charge is 2.27. The van der Waals surface area contributed by atoms with Gasteiger partial charge in [-0.25, -0.2) is 16.8 Å². The average Bonchev–Trinajstić information content (AvgIpc) is 2.89. The van der Waals surface area contributed by atoms with Gasteiger partial charge in [0, 0.05) is 38.4 Å². The minimum Gasteiger partial charge on any atom is -0.633 e. The summed E-state index contributed by atoms with van der Waals surface area (Å²) in [6, 6.07) is 14.4. The molecule has 0 bridgehead atoms. The molecule has 1 fully saturated rings. The molecule has 1 saturated heterocycles. The van der Waals surface area contributed by atoms with Gasteiger partial charge in [0.15, 0.2) is 19.7 Å². The minimum absolute atomic E-state index is 0.0846. The molecule has 39 heavy (non-hydrogen) atoms. The van der Waals surface area contributed by atoms with Crippen molar-refractivity contribution >= 4 is 25.2 Å². The average molecular weight is 577 g/mol. The van der Waals surface area contributed by atoms with Gasteiger partial charge >= 0.3 is 0 Å². The molecular formula is C30H44N2O5S2. The molecule has 0 saturated carbocycles. The van der Waals surface area contributed by atoms with Crippen LogP contribution in [0.3, 0.4) is 0 Å². The Bertz CT molecular complexity index is 1340. The van der Waals surface area contributed by atoms with E-state index in [0.717, 1.165) is 56.4 Å². The van der Waals surface area contributed by atoms with E-state index in [0.29, 0.717) is 35.3 Å². The van der Waals surface area contributed by atoms with Crippen LogP contribution < -0.4 is 0 Å². The summed E-state index contributed by atoms with van der Waals surface area (Å²) in [5.74, 6) is 0.314. The number of hydroxylamine groups is 3. The number of benzene rings is 2. The van der Waals surface area contributed by atoms with Gasteiger partial charge in [-0.05, 0) is 72.7 Å². The number of piperidine rings is 1. The van der Waals surface area contributed by atoms with Crippen LogP contribution in [-0.4, -0.2) is 78.2 Å². The highest BCUT2D eigenvalue weighted by molar-refractivity contribution is 7.91. The van der Waals surface area contributed by atoms with Crippen molar-refractivity contribution < 1.29 is 21.5 Å². The van der Waals surface area contributed by atoms with E-state index in [1.54, 1.807) is 30.3 Å². The van der Waals surface area contributed by atoms with Crippen LogP contribution in [0.2, 0.25) is 0 Å². The lowest BCUT2D eigenvalue weighted by atomic mass is 9.89. The van der Waals surface area contributed by atoms with Crippen molar-refractivity contribution in [1.29, 1.82) is 0 Å². The van der Waals surface area contributed by atoms with Crippen LogP contribution in [0.1, 0.15) is 63.0 Å². The molecule has 9 heteroatoms. The predicted octanol–water partition coefficient (Wildman–Crippen LogP) is 5.28. The highest BCUT2D eigenvalue weighted by atomic mass is 32.2. The fraction of sp³-hybridized carbons (Fsp3) is 0.533. The van der Waals surface area contributed by atoms with Gasteiger partial charge in [-0.3, -0.25) is 4.90 Å². The molecule has 0 spiro atoms. The summed E-state index contributed by atoms with van der Waals surface area (Å²) in [6.07, 6.45) is 9.48. The molecule has 2 aliphatic heterocycles. The van der Waals surface area contributed by atoms with Gasteiger partial charge in [0.25, 0.3) is 0 Å². The first-order chi connectivity index (χ1) is 18.3. The third kappa shape index (κ3) is 9.25. The molecule has 2 aromatic rings. The van der Waals surface area contributed by atoms with Gasteiger partial charge in [0.2, 0.25) is 0 Å². The lowest BCUT2D eigenvalue weighted by molar-refractivity contribution is -0.886. The van der Waals surface area contributed by atoms with Crippen LogP contribution in [-0.2, 0) is 19.7 Å². The predicted molar refractivity (Wildman–Crippen MR) is 159 cm³/mol. The molecule has 2 heterocycles. The second-order valence-electron chi connectivity index (χ2n) is 10.9. The Labute approximate surface area is 235 Å². The molecular weight excluding hydrogens is 532 g/mol. The van der Waals surface area contributed by atoms with E-state index in [-0.39, 0.29) is 4.65 Å². The maximum absolute atomic E-state index is 12.4. The van der Waals surface area contributed by atoms with Crippen LogP contribution in [0.25, 0.3) is 5.57 Å². The SMILES string of the molecule is CCCN1CC=C(c2cccc(S(C)(=O)=O)c2)CC1.CCC[N+]1([O-])CCC(c2cccc(S(C)(=O)=O)c2)CC1. The van der Waals surface area contributed by atoms with Crippen LogP contribution in [0.15, 0.2) is 64.4 Å². The van der Waals surface area contributed by atoms with E-state index in [4.69, 9.17) is 0 Å². The van der Waals surface area contributed by atoms with Crippen LogP contribution in [0.4, 0.5) is 0 Å². The van der Waals surface area contributed by atoms with Crippen molar-refractivity contribution in [1.82, 2.24) is 4.90 Å². The van der Waals surface area contributed by atoms with E-state index >= 15 is 0 Å². The Morgan fingerprint density at radius 2 is 1.51 bits per heavy atom. The molecule has 4 rings (SSSR count). The Hall–Kier alpha value is -2.04. The van der Waals surface area contributed by atoms with Crippen LogP contribution >= 0.6 is 0 Å². The van der Waals surface area contributed by atoms with Crippen molar-refractivity contribution in [2.24, 2.45) is 0 Å². The van der Waals surface area contributed by atoms with Gasteiger partial charge in [-0.1, -0.05) is 44.2 Å². The summed E-state index contributed by atoms with van der Waals surface area (Å²) >= 11 is 0. The number of hydrogen-bond donors (Lipinski definition) is 0. The number of likely N-dealkylation sites (tertiary alicyclic amines) is 1. The number of hydrogen-bond acceptors (Lipinski definition) is 6. The molecule has 7 nitrogen and oxygen atoms in total. The molecule has 0 radical (unpaired) electrons. The van der Waals surface area contributed by atoms with Crippen molar-refractivity contribution in [2.45, 2.75) is 61.7 Å². The molecule has 216 valence electrons. The van der Waals surface area contributed by atoms with Crippen molar-refractivity contribution in [2.75, 3.05) is 51.8 Å². The zero-order valence-electron chi connectivity index (χ0n) is 23.8. The maximum atomic E-state index is 12.4. The molecule has 0 atom stereocenters. The van der Waals surface area contributed by atoms with Gasteiger partial charge in [-0.2, -0.15) is 0 Å². The maximum Gasteiger partial charge on any atom is 0.175 e. The Balaban J connectivity index is 0.000000216. The number of quaternary nitrogens is 1. The van der Waals surface area contributed by atoms with E-state index in [1.165, 1.54) is 24.5 Å². The Morgan fingerprint density at radius 1 is 0.897 bits per heavy atom. The molecule has 2 aliphatic rings. The van der Waals surface area contributed by atoms with E-state index < -0.39 is 19.7 Å². The van der Waals surface area contributed by atoms with Gasteiger partial charge < -0.3 is 9.85 Å². The van der Waals surface area contributed by atoms with Crippen LogP contribution in [0, 0.1) is 5.21 Å². The highest BCUT2D eigenvalue weighted by Crippen LogP contribution is 2.32. The monoisotopic (exact) mass is 576 g/mol. The molecule has 0 N–H and O–H groups in total. The number of rotatable bonds is 8. The second-order valence-corrected chi connectivity index (χ2v) is 15.0. The van der Waals surface area contributed by atoms with Gasteiger partial charge in [0.1, 0.15) is 0 Å². The van der Waals surface area contributed by atoms with Crippen LogP contribution in [0.5, 0.6) is 0 Å². The fourth-order valence-corrected chi connectivity index (χ4v) is 6.76. The molecule has 0 unspecified atom stereocenters. The van der Waals surface area contributed by atoms with E-state index in [2.05, 4.69) is 17.9 Å². The minimum atomic E-state index is -3.16. The zero-order valence-corrected chi connectivity index (χ0v) is 25.4. The quantitative estimate of drug-likeness (QED) is 0.313. The Morgan fingerprint density at radius 3 is 2.05 bits per heavy atom. The molecule has 0 aliphatic carbocycles. The largest absolute Gasteiger partial charge is 0.633 e. The fourth-order valence-electron chi connectivity index (χ4n) is 5.42. The lowest BCUT2D eigenvalue weighted by Crippen LogP contribution is -2.48. The molecule has 2 aromatic carbocycles. The first-order valence-electron chi connectivity index (χ1n) is 13.9. The number of nitrogens with zero attached hydrogens (tertiary/aromatic N) is 2. The second kappa shape index (κ2) is 13.5. The lowest BCUT2D eigenvalue weighted by Gasteiger charge is -2.47. The van der Waals surface area contributed by atoms with Gasteiger partial charge in [0.05, 0.1) is 29.4 Å². The summed E-state index contributed by atoms with van der Waals surface area (Å²) < 4.78 is 46.3. The van der Waals surface area contributed by atoms with Gasteiger partial charge in [-0.15, -0.1) is 0 Å². The summed E-state index contributed by atoms with van der Waals surface area (Å²) in [7, 11) is -6.28. The van der Waals surface area contributed by atoms with E-state index in [9.17, 15) is 22.0 Å². The zero-order chi connectivity index (χ0) is 28.7. The summed E-state index contributed by atoms with van der Waals surface area (Å²) in [5.41, 5.74) is 3.35. The third-order valence-electron chi connectivity index (χ3n) is 7.62. The molecule has 0 aromatic heterocycles. The molecule has 0 amide bonds. The first-order valence-corrected chi connectivity index (χ1v) is 17.7. The summed E-state index contributed by atoms with van der Waals surface area (Å²) in [4.78, 5) is 3.20. The van der Waals surface area contributed by atoms with Crippen molar-refractivity contribution in [3.05, 3.63) is 70.9 Å². The Kier molecular flexibility index (Phi) is 10.9. The summed E-state index contributed by atoms with van der Waals surface area (Å²) in [6.45, 7) is 9.36.